The topological polar surface area (TPSA) is 45.2 Å². The fourth-order valence-electron chi connectivity index (χ4n) is 3.31. The minimum absolute atomic E-state index is 1.02. The smallest absolute Gasteiger partial charge is 0.129 e. The molecular weight excluding hydrogens is 298 g/mol. The van der Waals surface area contributed by atoms with Gasteiger partial charge in [0.05, 0.1) is 17.9 Å². The molecule has 0 aliphatic carbocycles. The fourth-order valence-corrected chi connectivity index (χ4v) is 3.31. The number of likely N-dealkylation sites (N-methyl/N-ethyl adjacent to an activating group) is 1. The third-order valence-corrected chi connectivity index (χ3v) is 4.74. The van der Waals surface area contributed by atoms with E-state index >= 15 is 0 Å². The first kappa shape index (κ1) is 15.0. The Morgan fingerprint density at radius 1 is 1.00 bits per heavy atom. The number of benzene rings is 1. The molecule has 1 aromatic carbocycles. The van der Waals surface area contributed by atoms with Gasteiger partial charge < -0.3 is 9.80 Å². The highest BCUT2D eigenvalue weighted by molar-refractivity contribution is 5.95. The Balaban J connectivity index is 1.78. The molecule has 24 heavy (non-hydrogen) atoms. The van der Waals surface area contributed by atoms with Gasteiger partial charge in [-0.15, -0.1) is 0 Å². The summed E-state index contributed by atoms with van der Waals surface area (Å²) in [5.74, 6) is 1.05. The van der Waals surface area contributed by atoms with Gasteiger partial charge in [-0.25, -0.2) is 4.98 Å². The van der Waals surface area contributed by atoms with Crippen molar-refractivity contribution in [3.05, 3.63) is 48.8 Å². The van der Waals surface area contributed by atoms with Crippen molar-refractivity contribution < 1.29 is 0 Å². The largest absolute Gasteiger partial charge is 0.354 e. The molecule has 3 aromatic rings. The lowest BCUT2D eigenvalue weighted by atomic mass is 10.0. The van der Waals surface area contributed by atoms with E-state index in [1.165, 1.54) is 5.56 Å². The molecule has 0 saturated carbocycles. The predicted octanol–water partition coefficient (Wildman–Crippen LogP) is 2.83. The monoisotopic (exact) mass is 319 g/mol. The normalized spacial score (nSPS) is 15.8. The number of piperazine rings is 1. The molecule has 5 heteroatoms. The third kappa shape index (κ3) is 2.83. The van der Waals surface area contributed by atoms with Crippen molar-refractivity contribution in [1.29, 1.82) is 0 Å². The molecule has 1 aliphatic heterocycles. The zero-order valence-corrected chi connectivity index (χ0v) is 13.9. The van der Waals surface area contributed by atoms with E-state index in [9.17, 15) is 0 Å². The summed E-state index contributed by atoms with van der Waals surface area (Å²) < 4.78 is 0. The van der Waals surface area contributed by atoms with Gasteiger partial charge in [-0.3, -0.25) is 0 Å². The number of aromatic nitrogens is 3. The Morgan fingerprint density at radius 3 is 2.58 bits per heavy atom. The Bertz CT molecular complexity index is 826. The number of hydrogen-bond donors (Lipinski definition) is 0. The number of hydrogen-bond acceptors (Lipinski definition) is 5. The highest BCUT2D eigenvalue weighted by atomic mass is 15.3. The molecule has 0 unspecified atom stereocenters. The Morgan fingerprint density at radius 2 is 1.83 bits per heavy atom. The number of fused-ring (bicyclic) bond motifs is 1. The standard InChI is InChI=1S/C19H21N5/c1-2-23-9-11-24(12-10-23)19-13-17(15-7-8-20-21-14-15)16-5-3-4-6-18(16)22-19/h3-8,13-14H,2,9-12H2,1H3. The van der Waals surface area contributed by atoms with Gasteiger partial charge in [-0.1, -0.05) is 25.1 Å². The molecule has 1 aliphatic rings. The molecular formula is C19H21N5. The Kier molecular flexibility index (Phi) is 4.09. The molecule has 0 N–H and O–H groups in total. The molecule has 0 bridgehead atoms. The van der Waals surface area contributed by atoms with Crippen LogP contribution < -0.4 is 4.90 Å². The van der Waals surface area contributed by atoms with E-state index in [1.54, 1.807) is 6.20 Å². The lowest BCUT2D eigenvalue weighted by Gasteiger charge is -2.35. The zero-order valence-electron chi connectivity index (χ0n) is 13.9. The highest BCUT2D eigenvalue weighted by Crippen LogP contribution is 2.31. The van der Waals surface area contributed by atoms with Crippen molar-refractivity contribution in [2.24, 2.45) is 0 Å². The van der Waals surface area contributed by atoms with Gasteiger partial charge in [-0.2, -0.15) is 10.2 Å². The van der Waals surface area contributed by atoms with Crippen molar-refractivity contribution in [2.75, 3.05) is 37.6 Å². The summed E-state index contributed by atoms with van der Waals surface area (Å²) in [5, 5.41) is 9.09. The molecule has 0 atom stereocenters. The lowest BCUT2D eigenvalue weighted by molar-refractivity contribution is 0.270. The summed E-state index contributed by atoms with van der Waals surface area (Å²) in [6.07, 6.45) is 3.56. The summed E-state index contributed by atoms with van der Waals surface area (Å²) in [5.41, 5.74) is 3.28. The average molecular weight is 319 g/mol. The van der Waals surface area contributed by atoms with Gasteiger partial charge in [0.25, 0.3) is 0 Å². The van der Waals surface area contributed by atoms with Crippen LogP contribution in [0.4, 0.5) is 5.82 Å². The summed E-state index contributed by atoms with van der Waals surface area (Å²) in [6.45, 7) is 7.57. The molecule has 1 fully saturated rings. The van der Waals surface area contributed by atoms with Gasteiger partial charge in [-0.05, 0) is 30.3 Å². The Hall–Kier alpha value is -2.53. The van der Waals surface area contributed by atoms with Crippen molar-refractivity contribution in [3.8, 4) is 11.1 Å². The van der Waals surface area contributed by atoms with E-state index in [-0.39, 0.29) is 0 Å². The quantitative estimate of drug-likeness (QED) is 0.743. The summed E-state index contributed by atoms with van der Waals surface area (Å²) in [7, 11) is 0. The zero-order chi connectivity index (χ0) is 16.4. The van der Waals surface area contributed by atoms with Crippen LogP contribution in [0.3, 0.4) is 0 Å². The van der Waals surface area contributed by atoms with E-state index in [2.05, 4.69) is 51.2 Å². The number of nitrogens with zero attached hydrogens (tertiary/aromatic N) is 5. The predicted molar refractivity (Wildman–Crippen MR) is 97.1 cm³/mol. The highest BCUT2D eigenvalue weighted by Gasteiger charge is 2.18. The van der Waals surface area contributed by atoms with E-state index in [0.717, 1.165) is 55.0 Å². The number of rotatable bonds is 3. The SMILES string of the molecule is CCN1CCN(c2cc(-c3ccnnc3)c3ccccc3n2)CC1. The number of anilines is 1. The maximum Gasteiger partial charge on any atom is 0.129 e. The van der Waals surface area contributed by atoms with E-state index in [1.807, 2.05) is 18.3 Å². The van der Waals surface area contributed by atoms with Crippen LogP contribution in [0.1, 0.15) is 6.92 Å². The number of para-hydroxylation sites is 1. The second kappa shape index (κ2) is 6.53. The molecule has 122 valence electrons. The average Bonchev–Trinajstić information content (AvgIpc) is 2.68. The van der Waals surface area contributed by atoms with E-state index < -0.39 is 0 Å². The molecule has 0 amide bonds. The summed E-state index contributed by atoms with van der Waals surface area (Å²) in [6, 6.07) is 12.5. The third-order valence-electron chi connectivity index (χ3n) is 4.74. The summed E-state index contributed by atoms with van der Waals surface area (Å²) >= 11 is 0. The van der Waals surface area contributed by atoms with Crippen LogP contribution in [0.2, 0.25) is 0 Å². The maximum absolute atomic E-state index is 4.91. The first-order chi connectivity index (χ1) is 11.8. The van der Waals surface area contributed by atoms with Crippen molar-refractivity contribution >= 4 is 16.7 Å². The van der Waals surface area contributed by atoms with E-state index in [4.69, 9.17) is 4.98 Å². The second-order valence-corrected chi connectivity index (χ2v) is 6.10. The molecule has 1 saturated heterocycles. The van der Waals surface area contributed by atoms with Gasteiger partial charge in [0.1, 0.15) is 5.82 Å². The molecule has 5 nitrogen and oxygen atoms in total. The first-order valence-corrected chi connectivity index (χ1v) is 8.49. The molecule has 0 radical (unpaired) electrons. The minimum Gasteiger partial charge on any atom is -0.354 e. The molecule has 3 heterocycles. The van der Waals surface area contributed by atoms with Crippen molar-refractivity contribution in [2.45, 2.75) is 6.92 Å². The second-order valence-electron chi connectivity index (χ2n) is 6.10. The van der Waals surface area contributed by atoms with Crippen LogP contribution in [0.5, 0.6) is 0 Å². The maximum atomic E-state index is 4.91. The lowest BCUT2D eigenvalue weighted by Crippen LogP contribution is -2.46. The summed E-state index contributed by atoms with van der Waals surface area (Å²) in [4.78, 5) is 9.77. The molecule has 2 aromatic heterocycles. The van der Waals surface area contributed by atoms with Crippen LogP contribution in [0.25, 0.3) is 22.0 Å². The van der Waals surface area contributed by atoms with Crippen LogP contribution in [0.15, 0.2) is 48.8 Å². The Labute approximate surface area is 142 Å². The van der Waals surface area contributed by atoms with Crippen LogP contribution in [-0.2, 0) is 0 Å². The molecule has 4 rings (SSSR count). The van der Waals surface area contributed by atoms with E-state index in [0.29, 0.717) is 0 Å². The fraction of sp³-hybridized carbons (Fsp3) is 0.316. The van der Waals surface area contributed by atoms with Gasteiger partial charge in [0.2, 0.25) is 0 Å². The van der Waals surface area contributed by atoms with Gasteiger partial charge in [0.15, 0.2) is 0 Å². The molecule has 0 spiro atoms. The van der Waals surface area contributed by atoms with Crippen molar-refractivity contribution in [1.82, 2.24) is 20.1 Å². The van der Waals surface area contributed by atoms with Crippen LogP contribution in [0, 0.1) is 0 Å². The van der Waals surface area contributed by atoms with Crippen LogP contribution in [-0.4, -0.2) is 52.8 Å². The van der Waals surface area contributed by atoms with Gasteiger partial charge >= 0.3 is 0 Å². The minimum atomic E-state index is 1.02. The van der Waals surface area contributed by atoms with Crippen molar-refractivity contribution in [3.63, 3.8) is 0 Å². The first-order valence-electron chi connectivity index (χ1n) is 8.49. The van der Waals surface area contributed by atoms with Gasteiger partial charge in [0, 0.05) is 37.1 Å². The van der Waals surface area contributed by atoms with Crippen LogP contribution >= 0.6 is 0 Å². The number of pyridine rings is 1.